The number of aliphatic hydroxyl groups excluding tert-OH is 1. The zero-order chi connectivity index (χ0) is 12.5. The molecule has 0 saturated heterocycles. The van der Waals surface area contributed by atoms with Gasteiger partial charge in [-0.15, -0.1) is 0 Å². The van der Waals surface area contributed by atoms with Gasteiger partial charge in [0.1, 0.15) is 0 Å². The molecule has 92 valence electrons. The zero-order valence-corrected chi connectivity index (χ0v) is 10.5. The molecule has 0 fully saturated rings. The third-order valence-electron chi connectivity index (χ3n) is 3.10. The lowest BCUT2D eigenvalue weighted by molar-refractivity contribution is 0.195. The molecular weight excluding hydrogens is 236 g/mol. The SMILES string of the molecule is C[C@H]1CC[C@H](O)C=C1S(=O)(=O)c1ccccc1. The van der Waals surface area contributed by atoms with Gasteiger partial charge in [0.2, 0.25) is 9.84 Å². The van der Waals surface area contributed by atoms with Gasteiger partial charge in [-0.1, -0.05) is 25.1 Å². The average molecular weight is 252 g/mol. The molecule has 1 aromatic rings. The molecule has 1 aliphatic rings. The first-order valence-electron chi connectivity index (χ1n) is 5.71. The van der Waals surface area contributed by atoms with Gasteiger partial charge in [0, 0.05) is 0 Å². The van der Waals surface area contributed by atoms with E-state index in [2.05, 4.69) is 0 Å². The highest BCUT2D eigenvalue weighted by Gasteiger charge is 2.29. The number of sulfone groups is 1. The van der Waals surface area contributed by atoms with Gasteiger partial charge in [-0.2, -0.15) is 0 Å². The second-order valence-electron chi connectivity index (χ2n) is 4.43. The Morgan fingerprint density at radius 1 is 1.18 bits per heavy atom. The van der Waals surface area contributed by atoms with Crippen molar-refractivity contribution in [3.05, 3.63) is 41.3 Å². The maximum Gasteiger partial charge on any atom is 0.202 e. The predicted octanol–water partition coefficient (Wildman–Crippen LogP) is 2.13. The summed E-state index contributed by atoms with van der Waals surface area (Å²) in [5.74, 6) is -0.0244. The Balaban J connectivity index is 2.46. The highest BCUT2D eigenvalue weighted by Crippen LogP contribution is 2.32. The molecule has 2 rings (SSSR count). The monoisotopic (exact) mass is 252 g/mol. The zero-order valence-electron chi connectivity index (χ0n) is 9.70. The Kier molecular flexibility index (Phi) is 3.35. The van der Waals surface area contributed by atoms with Gasteiger partial charge in [-0.3, -0.25) is 0 Å². The quantitative estimate of drug-likeness (QED) is 0.877. The molecule has 3 nitrogen and oxygen atoms in total. The molecule has 0 heterocycles. The van der Waals surface area contributed by atoms with Crippen molar-refractivity contribution in [2.45, 2.75) is 30.8 Å². The van der Waals surface area contributed by atoms with Crippen LogP contribution in [-0.4, -0.2) is 19.6 Å². The van der Waals surface area contributed by atoms with Crippen molar-refractivity contribution in [1.29, 1.82) is 0 Å². The van der Waals surface area contributed by atoms with Gasteiger partial charge in [-0.05, 0) is 37.0 Å². The fourth-order valence-corrected chi connectivity index (χ4v) is 3.86. The maximum atomic E-state index is 12.4. The Bertz CT molecular complexity index is 517. The molecule has 0 aromatic heterocycles. The van der Waals surface area contributed by atoms with Crippen molar-refractivity contribution in [2.75, 3.05) is 0 Å². The second kappa shape index (κ2) is 4.63. The van der Waals surface area contributed by atoms with Crippen LogP contribution in [0.15, 0.2) is 46.2 Å². The van der Waals surface area contributed by atoms with E-state index < -0.39 is 15.9 Å². The Morgan fingerprint density at radius 2 is 1.82 bits per heavy atom. The van der Waals surface area contributed by atoms with E-state index in [-0.39, 0.29) is 5.92 Å². The molecule has 1 aliphatic carbocycles. The van der Waals surface area contributed by atoms with Gasteiger partial charge < -0.3 is 5.11 Å². The van der Waals surface area contributed by atoms with Crippen molar-refractivity contribution in [3.8, 4) is 0 Å². The lowest BCUT2D eigenvalue weighted by Crippen LogP contribution is -2.21. The molecule has 1 N–H and O–H groups in total. The van der Waals surface area contributed by atoms with Crippen LogP contribution in [0.3, 0.4) is 0 Å². The van der Waals surface area contributed by atoms with Crippen LogP contribution in [-0.2, 0) is 9.84 Å². The summed E-state index contributed by atoms with van der Waals surface area (Å²) in [5.41, 5.74) is 0. The minimum atomic E-state index is -3.44. The van der Waals surface area contributed by atoms with Gasteiger partial charge in [0.15, 0.2) is 0 Å². The highest BCUT2D eigenvalue weighted by atomic mass is 32.2. The first-order valence-corrected chi connectivity index (χ1v) is 7.20. The standard InChI is InChI=1S/C13H16O3S/c1-10-7-8-11(14)9-13(10)17(15,16)12-5-3-2-4-6-12/h2-6,9-11,14H,7-8H2,1H3/t10-,11-/m0/s1. The van der Waals surface area contributed by atoms with Crippen LogP contribution >= 0.6 is 0 Å². The van der Waals surface area contributed by atoms with Crippen LogP contribution < -0.4 is 0 Å². The minimum Gasteiger partial charge on any atom is -0.389 e. The molecule has 2 atom stereocenters. The van der Waals surface area contributed by atoms with E-state index in [0.717, 1.165) is 0 Å². The first-order chi connectivity index (χ1) is 8.01. The Labute approximate surface area is 102 Å². The molecule has 0 bridgehead atoms. The van der Waals surface area contributed by atoms with Crippen molar-refractivity contribution in [3.63, 3.8) is 0 Å². The molecule has 0 saturated carbocycles. The Morgan fingerprint density at radius 3 is 2.47 bits per heavy atom. The maximum absolute atomic E-state index is 12.4. The molecule has 4 heteroatoms. The summed E-state index contributed by atoms with van der Waals surface area (Å²) in [7, 11) is -3.44. The molecule has 0 amide bonds. The minimum absolute atomic E-state index is 0.0244. The number of benzene rings is 1. The van der Waals surface area contributed by atoms with Crippen molar-refractivity contribution in [2.24, 2.45) is 5.92 Å². The van der Waals surface area contributed by atoms with E-state index in [1.165, 1.54) is 6.08 Å². The smallest absolute Gasteiger partial charge is 0.202 e. The molecule has 0 radical (unpaired) electrons. The average Bonchev–Trinajstić information content (AvgIpc) is 2.33. The van der Waals surface area contributed by atoms with E-state index >= 15 is 0 Å². The summed E-state index contributed by atoms with van der Waals surface area (Å²) in [4.78, 5) is 0.648. The number of rotatable bonds is 2. The Hall–Kier alpha value is -1.13. The summed E-state index contributed by atoms with van der Waals surface area (Å²) < 4.78 is 24.7. The summed E-state index contributed by atoms with van der Waals surface area (Å²) in [6.45, 7) is 1.89. The largest absolute Gasteiger partial charge is 0.389 e. The number of aliphatic hydroxyl groups is 1. The summed E-state index contributed by atoms with van der Waals surface area (Å²) in [6.07, 6.45) is 2.18. The fourth-order valence-electron chi connectivity index (χ4n) is 2.09. The van der Waals surface area contributed by atoms with E-state index in [1.807, 2.05) is 6.92 Å². The van der Waals surface area contributed by atoms with E-state index in [4.69, 9.17) is 0 Å². The normalized spacial score (nSPS) is 25.4. The molecule has 0 aliphatic heterocycles. The molecular formula is C13H16O3S. The lowest BCUT2D eigenvalue weighted by atomic mass is 9.96. The van der Waals surface area contributed by atoms with Gasteiger partial charge in [0.25, 0.3) is 0 Å². The lowest BCUT2D eigenvalue weighted by Gasteiger charge is -2.23. The van der Waals surface area contributed by atoms with Crippen molar-refractivity contribution < 1.29 is 13.5 Å². The molecule has 1 aromatic carbocycles. The first kappa shape index (κ1) is 12.3. The fraction of sp³-hybridized carbons (Fsp3) is 0.385. The van der Waals surface area contributed by atoms with E-state index in [1.54, 1.807) is 30.3 Å². The molecule has 0 unspecified atom stereocenters. The van der Waals surface area contributed by atoms with Crippen molar-refractivity contribution >= 4 is 9.84 Å². The van der Waals surface area contributed by atoms with Crippen LogP contribution in [0.4, 0.5) is 0 Å². The van der Waals surface area contributed by atoms with Crippen LogP contribution in [0, 0.1) is 5.92 Å². The van der Waals surface area contributed by atoms with Crippen LogP contribution in [0.2, 0.25) is 0 Å². The summed E-state index contributed by atoms with van der Waals surface area (Å²) in [5, 5.41) is 9.57. The third-order valence-corrected chi connectivity index (χ3v) is 5.15. The van der Waals surface area contributed by atoms with Gasteiger partial charge >= 0.3 is 0 Å². The number of hydrogen-bond acceptors (Lipinski definition) is 3. The topological polar surface area (TPSA) is 54.4 Å². The number of allylic oxidation sites excluding steroid dienone is 1. The van der Waals surface area contributed by atoms with Crippen LogP contribution in [0.25, 0.3) is 0 Å². The number of hydrogen-bond donors (Lipinski definition) is 1. The summed E-state index contributed by atoms with van der Waals surface area (Å²) in [6, 6.07) is 8.37. The predicted molar refractivity (Wildman–Crippen MR) is 66.1 cm³/mol. The van der Waals surface area contributed by atoms with E-state index in [9.17, 15) is 13.5 Å². The molecule has 0 spiro atoms. The van der Waals surface area contributed by atoms with Crippen LogP contribution in [0.1, 0.15) is 19.8 Å². The molecule has 17 heavy (non-hydrogen) atoms. The second-order valence-corrected chi connectivity index (χ2v) is 6.38. The summed E-state index contributed by atoms with van der Waals surface area (Å²) >= 11 is 0. The highest BCUT2D eigenvalue weighted by molar-refractivity contribution is 7.95. The van der Waals surface area contributed by atoms with E-state index in [0.29, 0.717) is 22.6 Å². The third kappa shape index (κ3) is 2.42. The van der Waals surface area contributed by atoms with Gasteiger partial charge in [0.05, 0.1) is 15.9 Å². The van der Waals surface area contributed by atoms with Crippen molar-refractivity contribution in [1.82, 2.24) is 0 Å². The van der Waals surface area contributed by atoms with Gasteiger partial charge in [-0.25, -0.2) is 8.42 Å². The van der Waals surface area contributed by atoms with Crippen LogP contribution in [0.5, 0.6) is 0 Å².